The van der Waals surface area contributed by atoms with Gasteiger partial charge in [0.05, 0.1) is 11.6 Å². The molecule has 1 amide bonds. The molecule has 0 saturated heterocycles. The van der Waals surface area contributed by atoms with E-state index in [9.17, 15) is 9.90 Å². The fourth-order valence-electron chi connectivity index (χ4n) is 2.39. The molecule has 22 heavy (non-hydrogen) atoms. The van der Waals surface area contributed by atoms with Crippen molar-refractivity contribution in [3.05, 3.63) is 59.7 Å². The molecule has 0 unspecified atom stereocenters. The molecule has 2 rings (SSSR count). The van der Waals surface area contributed by atoms with Crippen molar-refractivity contribution in [3.8, 4) is 5.75 Å². The van der Waals surface area contributed by atoms with Gasteiger partial charge in [0.25, 0.3) is 0 Å². The number of phenolic OH excluding ortho intramolecular Hbond substituents is 1. The number of amides is 1. The molecule has 0 fully saturated rings. The highest BCUT2D eigenvalue weighted by molar-refractivity contribution is 5.96. The molecule has 2 aromatic carbocycles. The number of rotatable bonds is 5. The Morgan fingerprint density at radius 3 is 2.27 bits per heavy atom. The summed E-state index contributed by atoms with van der Waals surface area (Å²) in [6, 6.07) is 14.9. The van der Waals surface area contributed by atoms with Crippen LogP contribution < -0.4 is 5.32 Å². The van der Waals surface area contributed by atoms with Crippen LogP contribution in [-0.4, -0.2) is 11.0 Å². The first-order valence-corrected chi connectivity index (χ1v) is 7.65. The molecule has 116 valence electrons. The summed E-state index contributed by atoms with van der Waals surface area (Å²) >= 11 is 0. The van der Waals surface area contributed by atoms with Gasteiger partial charge in [0.15, 0.2) is 0 Å². The second kappa shape index (κ2) is 7.12. The largest absolute Gasteiger partial charge is 0.506 e. The average Bonchev–Trinajstić information content (AvgIpc) is 2.49. The van der Waals surface area contributed by atoms with Crippen molar-refractivity contribution in [2.24, 2.45) is 5.92 Å². The van der Waals surface area contributed by atoms with Gasteiger partial charge in [-0.3, -0.25) is 4.79 Å². The number of phenols is 1. The zero-order valence-electron chi connectivity index (χ0n) is 13.3. The number of para-hydroxylation sites is 2. The normalized spacial score (nSPS) is 12.2. The summed E-state index contributed by atoms with van der Waals surface area (Å²) in [6.45, 7) is 6.25. The van der Waals surface area contributed by atoms with E-state index in [0.29, 0.717) is 11.6 Å². The van der Waals surface area contributed by atoms with Gasteiger partial charge >= 0.3 is 0 Å². The molecular formula is C19H23NO2. The number of aromatic hydroxyl groups is 1. The lowest BCUT2D eigenvalue weighted by Gasteiger charge is -2.14. The van der Waals surface area contributed by atoms with Gasteiger partial charge in [-0.1, -0.05) is 50.2 Å². The maximum atomic E-state index is 12.3. The summed E-state index contributed by atoms with van der Waals surface area (Å²) < 4.78 is 0. The van der Waals surface area contributed by atoms with E-state index in [2.05, 4.69) is 31.3 Å². The summed E-state index contributed by atoms with van der Waals surface area (Å²) in [4.78, 5) is 12.3. The van der Waals surface area contributed by atoms with Crippen LogP contribution in [0.5, 0.6) is 5.75 Å². The van der Waals surface area contributed by atoms with Crippen LogP contribution >= 0.6 is 0 Å². The molecule has 0 saturated carbocycles. The molecule has 0 aliphatic heterocycles. The Balaban J connectivity index is 2.05. The van der Waals surface area contributed by atoms with Gasteiger partial charge in [-0.15, -0.1) is 0 Å². The molecule has 2 N–H and O–H groups in total. The predicted molar refractivity (Wildman–Crippen MR) is 90.1 cm³/mol. The van der Waals surface area contributed by atoms with E-state index >= 15 is 0 Å². The number of anilines is 1. The van der Waals surface area contributed by atoms with Crippen LogP contribution in [0.2, 0.25) is 0 Å². The second-order valence-corrected chi connectivity index (χ2v) is 6.07. The quantitative estimate of drug-likeness (QED) is 0.807. The fourth-order valence-corrected chi connectivity index (χ4v) is 2.39. The lowest BCUT2D eigenvalue weighted by molar-refractivity contribution is -0.117. The zero-order chi connectivity index (χ0) is 16.1. The SMILES string of the molecule is CC(C)Cc1ccc([C@@H](C)C(=O)Nc2ccccc2O)cc1. The Labute approximate surface area is 132 Å². The standard InChI is InChI=1S/C19H23NO2/c1-13(2)12-15-8-10-16(11-9-15)14(3)19(22)20-17-6-4-5-7-18(17)21/h4-11,13-14,21H,12H2,1-3H3,(H,20,22)/t14-/m1/s1. The van der Waals surface area contributed by atoms with Gasteiger partial charge in [-0.05, 0) is 42.5 Å². The summed E-state index contributed by atoms with van der Waals surface area (Å²) in [5.41, 5.74) is 2.70. The van der Waals surface area contributed by atoms with Crippen LogP contribution in [-0.2, 0) is 11.2 Å². The van der Waals surface area contributed by atoms with Crippen LogP contribution in [0, 0.1) is 5.92 Å². The third-order valence-corrected chi connectivity index (χ3v) is 3.68. The van der Waals surface area contributed by atoms with E-state index in [1.54, 1.807) is 24.3 Å². The van der Waals surface area contributed by atoms with Gasteiger partial charge in [0.2, 0.25) is 5.91 Å². The molecular weight excluding hydrogens is 274 g/mol. The van der Waals surface area contributed by atoms with E-state index < -0.39 is 0 Å². The number of hydrogen-bond acceptors (Lipinski definition) is 2. The number of carbonyl (C=O) groups is 1. The first-order valence-electron chi connectivity index (χ1n) is 7.65. The van der Waals surface area contributed by atoms with Crippen molar-refractivity contribution >= 4 is 11.6 Å². The molecule has 0 bridgehead atoms. The molecule has 3 nitrogen and oxygen atoms in total. The molecule has 1 atom stereocenters. The van der Waals surface area contributed by atoms with Crippen molar-refractivity contribution in [2.45, 2.75) is 33.1 Å². The molecule has 0 radical (unpaired) electrons. The van der Waals surface area contributed by atoms with Crippen LogP contribution in [0.3, 0.4) is 0 Å². The van der Waals surface area contributed by atoms with Crippen LogP contribution in [0.25, 0.3) is 0 Å². The minimum Gasteiger partial charge on any atom is -0.506 e. The highest BCUT2D eigenvalue weighted by Gasteiger charge is 2.16. The Hall–Kier alpha value is -2.29. The van der Waals surface area contributed by atoms with Crippen molar-refractivity contribution in [2.75, 3.05) is 5.32 Å². The number of carbonyl (C=O) groups excluding carboxylic acids is 1. The van der Waals surface area contributed by atoms with E-state index in [0.717, 1.165) is 12.0 Å². The van der Waals surface area contributed by atoms with Gasteiger partial charge in [-0.2, -0.15) is 0 Å². The van der Waals surface area contributed by atoms with Crippen molar-refractivity contribution in [3.63, 3.8) is 0 Å². The van der Waals surface area contributed by atoms with Crippen LogP contribution in [0.15, 0.2) is 48.5 Å². The maximum Gasteiger partial charge on any atom is 0.231 e. The second-order valence-electron chi connectivity index (χ2n) is 6.07. The average molecular weight is 297 g/mol. The lowest BCUT2D eigenvalue weighted by atomic mass is 9.96. The third kappa shape index (κ3) is 4.10. The van der Waals surface area contributed by atoms with Crippen LogP contribution in [0.4, 0.5) is 5.69 Å². The number of benzene rings is 2. The zero-order valence-corrected chi connectivity index (χ0v) is 13.3. The first kappa shape index (κ1) is 16.1. The van der Waals surface area contributed by atoms with E-state index in [1.807, 2.05) is 19.1 Å². The minimum atomic E-state index is -0.271. The number of nitrogens with one attached hydrogen (secondary N) is 1. The third-order valence-electron chi connectivity index (χ3n) is 3.68. The highest BCUT2D eigenvalue weighted by Crippen LogP contribution is 2.24. The smallest absolute Gasteiger partial charge is 0.231 e. The summed E-state index contributed by atoms with van der Waals surface area (Å²) in [5.74, 6) is 0.300. The summed E-state index contributed by atoms with van der Waals surface area (Å²) in [5, 5.41) is 12.5. The first-order chi connectivity index (χ1) is 10.5. The Kier molecular flexibility index (Phi) is 5.21. The highest BCUT2D eigenvalue weighted by atomic mass is 16.3. The van der Waals surface area contributed by atoms with Crippen molar-refractivity contribution in [1.29, 1.82) is 0 Å². The van der Waals surface area contributed by atoms with Gasteiger partial charge in [-0.25, -0.2) is 0 Å². The molecule has 0 aromatic heterocycles. The monoisotopic (exact) mass is 297 g/mol. The Morgan fingerprint density at radius 2 is 1.68 bits per heavy atom. The van der Waals surface area contributed by atoms with E-state index in [-0.39, 0.29) is 17.6 Å². The van der Waals surface area contributed by atoms with E-state index in [1.165, 1.54) is 5.56 Å². The fraction of sp³-hybridized carbons (Fsp3) is 0.316. The Bertz CT molecular complexity index is 632. The minimum absolute atomic E-state index is 0.0790. The Morgan fingerprint density at radius 1 is 1.05 bits per heavy atom. The van der Waals surface area contributed by atoms with Gasteiger partial charge < -0.3 is 10.4 Å². The maximum absolute atomic E-state index is 12.3. The molecule has 0 aliphatic rings. The summed E-state index contributed by atoms with van der Waals surface area (Å²) in [6.07, 6.45) is 1.04. The van der Waals surface area contributed by atoms with Crippen molar-refractivity contribution in [1.82, 2.24) is 0 Å². The lowest BCUT2D eigenvalue weighted by Crippen LogP contribution is -2.18. The van der Waals surface area contributed by atoms with Crippen LogP contribution in [0.1, 0.15) is 37.8 Å². The van der Waals surface area contributed by atoms with Gasteiger partial charge in [0, 0.05) is 0 Å². The number of hydrogen-bond donors (Lipinski definition) is 2. The molecule has 2 aromatic rings. The van der Waals surface area contributed by atoms with Gasteiger partial charge in [0.1, 0.15) is 5.75 Å². The van der Waals surface area contributed by atoms with Crippen molar-refractivity contribution < 1.29 is 9.90 Å². The van der Waals surface area contributed by atoms with E-state index in [4.69, 9.17) is 0 Å². The predicted octanol–water partition coefficient (Wildman–Crippen LogP) is 4.33. The molecule has 3 heteroatoms. The molecule has 0 spiro atoms. The summed E-state index contributed by atoms with van der Waals surface area (Å²) in [7, 11) is 0. The molecule has 0 aliphatic carbocycles. The topological polar surface area (TPSA) is 49.3 Å². The molecule has 0 heterocycles.